The average Bonchev–Trinajstić information content (AvgIpc) is 2.71. The summed E-state index contributed by atoms with van der Waals surface area (Å²) in [4.78, 5) is 27.3. The lowest BCUT2D eigenvalue weighted by Crippen LogP contribution is -2.04. The van der Waals surface area contributed by atoms with Gasteiger partial charge in [-0.2, -0.15) is 4.98 Å². The number of pyridine rings is 2. The van der Waals surface area contributed by atoms with E-state index in [1.807, 2.05) is 6.07 Å². The number of hydrogen-bond acceptors (Lipinski definition) is 8. The van der Waals surface area contributed by atoms with Crippen LogP contribution in [0.3, 0.4) is 0 Å². The number of nitro groups is 1. The Bertz CT molecular complexity index is 1170. The third-order valence-corrected chi connectivity index (χ3v) is 4.47. The maximum atomic E-state index is 11.7. The van der Waals surface area contributed by atoms with Crippen molar-refractivity contribution in [3.8, 4) is 11.6 Å². The van der Waals surface area contributed by atoms with Gasteiger partial charge >= 0.3 is 11.6 Å². The van der Waals surface area contributed by atoms with Crippen molar-refractivity contribution in [3.05, 3.63) is 75.9 Å². The van der Waals surface area contributed by atoms with Crippen LogP contribution in [-0.2, 0) is 0 Å². The lowest BCUT2D eigenvalue weighted by Gasteiger charge is -2.11. The zero-order valence-corrected chi connectivity index (χ0v) is 15.7. The Balaban J connectivity index is 1.78. The summed E-state index contributed by atoms with van der Waals surface area (Å²) in [6.45, 7) is 0. The summed E-state index contributed by atoms with van der Waals surface area (Å²) in [6.07, 6.45) is 5.93. The van der Waals surface area contributed by atoms with Crippen molar-refractivity contribution in [3.63, 3.8) is 0 Å². The number of nitrogens with one attached hydrogen (secondary N) is 1. The van der Waals surface area contributed by atoms with Gasteiger partial charge in [-0.25, -0.2) is 4.98 Å². The summed E-state index contributed by atoms with van der Waals surface area (Å²) in [7, 11) is 0. The summed E-state index contributed by atoms with van der Waals surface area (Å²) in [5, 5.41) is 15.4. The Morgan fingerprint density at radius 2 is 1.93 bits per heavy atom. The molecular formula is C18H11BrN6O3. The summed E-state index contributed by atoms with van der Waals surface area (Å²) in [6, 6.07) is 10.5. The second kappa shape index (κ2) is 7.53. The minimum absolute atomic E-state index is 0.00243. The number of fused-ring (bicyclic) bond motifs is 1. The molecule has 0 aliphatic heterocycles. The Morgan fingerprint density at radius 1 is 1.07 bits per heavy atom. The molecule has 3 aromatic heterocycles. The van der Waals surface area contributed by atoms with E-state index in [1.165, 1.54) is 12.5 Å². The molecule has 0 unspecified atom stereocenters. The Hall–Kier alpha value is -3.66. The number of rotatable bonds is 5. The fourth-order valence-electron chi connectivity index (χ4n) is 2.57. The SMILES string of the molecule is O=[N+]([O-])c1c(Nc2cccnc2)ncnc1Oc1ccc(Br)c2cccnc12. The van der Waals surface area contributed by atoms with Crippen molar-refractivity contribution in [2.75, 3.05) is 5.32 Å². The van der Waals surface area contributed by atoms with Gasteiger partial charge in [0.05, 0.1) is 16.8 Å². The molecule has 28 heavy (non-hydrogen) atoms. The molecule has 0 aliphatic carbocycles. The molecule has 0 spiro atoms. The van der Waals surface area contributed by atoms with Gasteiger partial charge in [-0.3, -0.25) is 20.1 Å². The van der Waals surface area contributed by atoms with Gasteiger partial charge in [0.15, 0.2) is 5.75 Å². The largest absolute Gasteiger partial charge is 0.431 e. The molecule has 3 heterocycles. The van der Waals surface area contributed by atoms with Gasteiger partial charge in [0.1, 0.15) is 11.8 Å². The van der Waals surface area contributed by atoms with Gasteiger partial charge in [-0.1, -0.05) is 22.0 Å². The van der Waals surface area contributed by atoms with E-state index in [0.29, 0.717) is 17.0 Å². The lowest BCUT2D eigenvalue weighted by atomic mass is 10.2. The molecule has 1 aromatic carbocycles. The molecular weight excluding hydrogens is 428 g/mol. The highest BCUT2D eigenvalue weighted by molar-refractivity contribution is 9.10. The minimum Gasteiger partial charge on any atom is -0.431 e. The van der Waals surface area contributed by atoms with E-state index in [9.17, 15) is 10.1 Å². The first-order valence-corrected chi connectivity index (χ1v) is 8.80. The monoisotopic (exact) mass is 438 g/mol. The molecule has 0 atom stereocenters. The molecule has 0 amide bonds. The van der Waals surface area contributed by atoms with Crippen molar-refractivity contribution in [2.24, 2.45) is 0 Å². The van der Waals surface area contributed by atoms with Gasteiger partial charge in [-0.15, -0.1) is 0 Å². The van der Waals surface area contributed by atoms with E-state index in [4.69, 9.17) is 4.74 Å². The first-order chi connectivity index (χ1) is 13.6. The second-order valence-electron chi connectivity index (χ2n) is 5.55. The molecule has 138 valence electrons. The van der Waals surface area contributed by atoms with Crippen LogP contribution in [0.2, 0.25) is 0 Å². The van der Waals surface area contributed by atoms with Crippen LogP contribution in [0, 0.1) is 10.1 Å². The van der Waals surface area contributed by atoms with Crippen molar-refractivity contribution in [2.45, 2.75) is 0 Å². The number of hydrogen-bond donors (Lipinski definition) is 1. The molecule has 4 aromatic rings. The molecule has 10 heteroatoms. The van der Waals surface area contributed by atoms with Crippen LogP contribution in [0.25, 0.3) is 10.9 Å². The standard InChI is InChI=1S/C18H11BrN6O3/c19-13-5-6-14(15-12(13)4-2-8-21-15)28-18-16(25(26)27)17(22-10-23-18)24-11-3-1-7-20-9-11/h1-10H,(H,22,23,24). The Morgan fingerprint density at radius 3 is 2.71 bits per heavy atom. The minimum atomic E-state index is -0.595. The summed E-state index contributed by atoms with van der Waals surface area (Å²) in [5.41, 5.74) is 0.705. The molecule has 1 N–H and O–H groups in total. The quantitative estimate of drug-likeness (QED) is 0.354. The average molecular weight is 439 g/mol. The number of benzene rings is 1. The van der Waals surface area contributed by atoms with Gasteiger partial charge < -0.3 is 10.1 Å². The van der Waals surface area contributed by atoms with E-state index in [1.54, 1.807) is 42.7 Å². The zero-order valence-electron chi connectivity index (χ0n) is 14.1. The maximum Gasteiger partial charge on any atom is 0.373 e. The number of aromatic nitrogens is 4. The highest BCUT2D eigenvalue weighted by Gasteiger charge is 2.26. The normalized spacial score (nSPS) is 10.6. The van der Waals surface area contributed by atoms with Gasteiger partial charge in [0.2, 0.25) is 5.82 Å². The molecule has 0 aliphatic rings. The highest BCUT2D eigenvalue weighted by Crippen LogP contribution is 2.38. The second-order valence-corrected chi connectivity index (χ2v) is 6.40. The van der Waals surface area contributed by atoms with Crippen LogP contribution >= 0.6 is 15.9 Å². The topological polar surface area (TPSA) is 116 Å². The molecule has 0 saturated carbocycles. The van der Waals surface area contributed by atoms with Crippen LogP contribution in [-0.4, -0.2) is 24.9 Å². The van der Waals surface area contributed by atoms with Crippen molar-refractivity contribution in [1.82, 2.24) is 19.9 Å². The molecule has 0 saturated heterocycles. The number of nitrogens with zero attached hydrogens (tertiary/aromatic N) is 5. The van der Waals surface area contributed by atoms with Gasteiger partial charge in [-0.05, 0) is 30.3 Å². The van der Waals surface area contributed by atoms with Crippen LogP contribution in [0.1, 0.15) is 0 Å². The summed E-state index contributed by atoms with van der Waals surface area (Å²) < 4.78 is 6.62. The van der Waals surface area contributed by atoms with E-state index in [-0.39, 0.29) is 11.7 Å². The smallest absolute Gasteiger partial charge is 0.373 e. The first-order valence-electron chi connectivity index (χ1n) is 8.01. The van der Waals surface area contributed by atoms with E-state index in [2.05, 4.69) is 41.2 Å². The summed E-state index contributed by atoms with van der Waals surface area (Å²) >= 11 is 3.46. The number of halogens is 1. The maximum absolute atomic E-state index is 11.7. The Labute approximate surface area is 166 Å². The van der Waals surface area contributed by atoms with E-state index >= 15 is 0 Å². The molecule has 9 nitrogen and oxygen atoms in total. The lowest BCUT2D eigenvalue weighted by molar-refractivity contribution is -0.385. The van der Waals surface area contributed by atoms with Crippen molar-refractivity contribution in [1.29, 1.82) is 0 Å². The van der Waals surface area contributed by atoms with Crippen LogP contribution in [0.15, 0.2) is 65.8 Å². The van der Waals surface area contributed by atoms with Crippen LogP contribution in [0.4, 0.5) is 17.2 Å². The highest BCUT2D eigenvalue weighted by atomic mass is 79.9. The molecule has 0 fully saturated rings. The molecule has 0 radical (unpaired) electrons. The predicted molar refractivity (Wildman–Crippen MR) is 106 cm³/mol. The van der Waals surface area contributed by atoms with Gasteiger partial charge in [0.25, 0.3) is 0 Å². The van der Waals surface area contributed by atoms with Crippen LogP contribution in [0.5, 0.6) is 11.6 Å². The number of ether oxygens (including phenoxy) is 1. The molecule has 4 rings (SSSR count). The fraction of sp³-hybridized carbons (Fsp3) is 0. The zero-order chi connectivity index (χ0) is 19.5. The fourth-order valence-corrected chi connectivity index (χ4v) is 3.02. The van der Waals surface area contributed by atoms with E-state index in [0.717, 1.165) is 9.86 Å². The van der Waals surface area contributed by atoms with Crippen LogP contribution < -0.4 is 10.1 Å². The Kier molecular flexibility index (Phi) is 4.77. The van der Waals surface area contributed by atoms with Crippen molar-refractivity contribution < 1.29 is 9.66 Å². The third kappa shape index (κ3) is 3.45. The summed E-state index contributed by atoms with van der Waals surface area (Å²) in [5.74, 6) is 0.144. The third-order valence-electron chi connectivity index (χ3n) is 3.78. The molecule has 0 bridgehead atoms. The van der Waals surface area contributed by atoms with E-state index < -0.39 is 10.6 Å². The first kappa shape index (κ1) is 17.7. The number of anilines is 2. The van der Waals surface area contributed by atoms with Crippen molar-refractivity contribution >= 4 is 44.0 Å². The van der Waals surface area contributed by atoms with Gasteiger partial charge in [0, 0.05) is 22.3 Å². The predicted octanol–water partition coefficient (Wildman–Crippen LogP) is 4.63.